The molecule has 0 atom stereocenters. The van der Waals surface area contributed by atoms with Crippen LogP contribution in [0.1, 0.15) is 24.3 Å². The Morgan fingerprint density at radius 2 is 2.06 bits per heavy atom. The molecule has 0 unspecified atom stereocenters. The number of amides is 2. The first-order chi connectivity index (χ1) is 8.36. The molecule has 4 N–H and O–H groups in total. The van der Waals surface area contributed by atoms with Gasteiger partial charge in [-0.25, -0.2) is 4.98 Å². The zero-order valence-electron chi connectivity index (χ0n) is 10.8. The summed E-state index contributed by atoms with van der Waals surface area (Å²) in [5.74, 6) is -0.458. The Morgan fingerprint density at radius 1 is 1.39 bits per heavy atom. The lowest BCUT2D eigenvalue weighted by atomic mass is 9.92. The summed E-state index contributed by atoms with van der Waals surface area (Å²) in [6.07, 6.45) is 1.42. The van der Waals surface area contributed by atoms with E-state index < -0.39 is 5.41 Å². The monoisotopic (exact) mass is 250 g/mol. The summed E-state index contributed by atoms with van der Waals surface area (Å²) >= 11 is 0. The van der Waals surface area contributed by atoms with Gasteiger partial charge in [-0.3, -0.25) is 9.59 Å². The van der Waals surface area contributed by atoms with Crippen LogP contribution in [0.15, 0.2) is 18.3 Å². The molecule has 0 aromatic carbocycles. The van der Waals surface area contributed by atoms with Gasteiger partial charge in [-0.1, -0.05) is 0 Å². The van der Waals surface area contributed by atoms with Crippen molar-refractivity contribution in [3.8, 4) is 0 Å². The SMILES string of the molecule is CNC(=O)C(C)(C)CNC(=O)c1ccc(N)cn1. The van der Waals surface area contributed by atoms with Gasteiger partial charge in [-0.05, 0) is 26.0 Å². The second-order valence-electron chi connectivity index (χ2n) is 4.62. The maximum atomic E-state index is 11.8. The van der Waals surface area contributed by atoms with Gasteiger partial charge >= 0.3 is 0 Å². The smallest absolute Gasteiger partial charge is 0.269 e. The van der Waals surface area contributed by atoms with Gasteiger partial charge in [0.25, 0.3) is 5.91 Å². The zero-order valence-corrected chi connectivity index (χ0v) is 10.8. The molecule has 1 aromatic heterocycles. The Morgan fingerprint density at radius 3 is 2.56 bits per heavy atom. The molecule has 18 heavy (non-hydrogen) atoms. The lowest BCUT2D eigenvalue weighted by Crippen LogP contribution is -2.43. The largest absolute Gasteiger partial charge is 0.397 e. The van der Waals surface area contributed by atoms with Gasteiger partial charge in [-0.2, -0.15) is 0 Å². The number of anilines is 1. The van der Waals surface area contributed by atoms with Crippen LogP contribution in [0.2, 0.25) is 0 Å². The van der Waals surface area contributed by atoms with E-state index >= 15 is 0 Å². The van der Waals surface area contributed by atoms with Gasteiger partial charge in [0.05, 0.1) is 17.3 Å². The number of nitrogens with one attached hydrogen (secondary N) is 2. The number of hydrogen-bond donors (Lipinski definition) is 3. The Balaban J connectivity index is 2.61. The van der Waals surface area contributed by atoms with Gasteiger partial charge < -0.3 is 16.4 Å². The lowest BCUT2D eigenvalue weighted by molar-refractivity contribution is -0.128. The fourth-order valence-electron chi connectivity index (χ4n) is 1.35. The van der Waals surface area contributed by atoms with Crippen molar-refractivity contribution in [2.24, 2.45) is 5.41 Å². The molecule has 1 rings (SSSR count). The lowest BCUT2D eigenvalue weighted by Gasteiger charge is -2.22. The van der Waals surface area contributed by atoms with Gasteiger partial charge in [-0.15, -0.1) is 0 Å². The molecule has 0 saturated carbocycles. The molecule has 6 nitrogen and oxygen atoms in total. The van der Waals surface area contributed by atoms with Crippen molar-refractivity contribution in [1.82, 2.24) is 15.6 Å². The van der Waals surface area contributed by atoms with Crippen molar-refractivity contribution < 1.29 is 9.59 Å². The van der Waals surface area contributed by atoms with Crippen molar-refractivity contribution in [3.63, 3.8) is 0 Å². The predicted octanol–water partition coefficient (Wildman–Crippen LogP) is 0.166. The molecule has 0 radical (unpaired) electrons. The summed E-state index contributed by atoms with van der Waals surface area (Å²) in [6, 6.07) is 3.14. The highest BCUT2D eigenvalue weighted by Gasteiger charge is 2.27. The molecule has 0 saturated heterocycles. The number of nitrogens with zero attached hydrogens (tertiary/aromatic N) is 1. The summed E-state index contributed by atoms with van der Waals surface area (Å²) < 4.78 is 0. The summed E-state index contributed by atoms with van der Waals surface area (Å²) in [7, 11) is 1.56. The number of carbonyl (C=O) groups excluding carboxylic acids is 2. The molecular weight excluding hydrogens is 232 g/mol. The number of pyridine rings is 1. The first-order valence-electron chi connectivity index (χ1n) is 5.59. The first kappa shape index (κ1) is 14.0. The van der Waals surface area contributed by atoms with Gasteiger partial charge in [0, 0.05) is 13.6 Å². The van der Waals surface area contributed by atoms with Gasteiger partial charge in [0.2, 0.25) is 5.91 Å². The second kappa shape index (κ2) is 5.48. The van der Waals surface area contributed by atoms with Crippen LogP contribution in [0.3, 0.4) is 0 Å². The summed E-state index contributed by atoms with van der Waals surface area (Å²) in [5.41, 5.74) is 5.58. The minimum absolute atomic E-state index is 0.131. The third-order valence-corrected chi connectivity index (χ3v) is 2.55. The molecule has 6 heteroatoms. The normalized spacial score (nSPS) is 10.8. The Labute approximate surface area is 106 Å². The second-order valence-corrected chi connectivity index (χ2v) is 4.62. The van der Waals surface area contributed by atoms with Crippen molar-refractivity contribution in [3.05, 3.63) is 24.0 Å². The standard InChI is InChI=1S/C12H18N4O2/c1-12(2,11(18)14-3)7-16-10(17)9-5-4-8(13)6-15-9/h4-6H,7,13H2,1-3H3,(H,14,18)(H,16,17). The molecule has 98 valence electrons. The van der Waals surface area contributed by atoms with E-state index in [0.717, 1.165) is 0 Å². The summed E-state index contributed by atoms with van der Waals surface area (Å²) in [4.78, 5) is 27.2. The predicted molar refractivity (Wildman–Crippen MR) is 68.8 cm³/mol. The van der Waals surface area contributed by atoms with Crippen molar-refractivity contribution in [2.45, 2.75) is 13.8 Å². The molecule has 2 amide bonds. The van der Waals surface area contributed by atoms with Gasteiger partial charge in [0.15, 0.2) is 0 Å². The van der Waals surface area contributed by atoms with E-state index in [9.17, 15) is 9.59 Å². The highest BCUT2D eigenvalue weighted by molar-refractivity contribution is 5.93. The fraction of sp³-hybridized carbons (Fsp3) is 0.417. The van der Waals surface area contributed by atoms with E-state index in [2.05, 4.69) is 15.6 Å². The number of carbonyl (C=O) groups is 2. The maximum Gasteiger partial charge on any atom is 0.269 e. The summed E-state index contributed by atoms with van der Waals surface area (Å²) in [5, 5.41) is 5.22. The molecule has 0 aliphatic heterocycles. The molecule has 0 spiro atoms. The van der Waals surface area contributed by atoms with E-state index in [0.29, 0.717) is 5.69 Å². The topological polar surface area (TPSA) is 97.1 Å². The number of nitrogens with two attached hydrogens (primary N) is 1. The van der Waals surface area contributed by atoms with Crippen molar-refractivity contribution in [1.29, 1.82) is 0 Å². The average Bonchev–Trinajstić information content (AvgIpc) is 2.35. The van der Waals surface area contributed by atoms with Crippen LogP contribution in [-0.2, 0) is 4.79 Å². The molecule has 1 heterocycles. The van der Waals surface area contributed by atoms with Gasteiger partial charge in [0.1, 0.15) is 5.69 Å². The van der Waals surface area contributed by atoms with Crippen LogP contribution in [-0.4, -0.2) is 30.4 Å². The van der Waals surface area contributed by atoms with E-state index in [-0.39, 0.29) is 24.1 Å². The molecule has 0 aliphatic rings. The average molecular weight is 250 g/mol. The Kier molecular flexibility index (Phi) is 4.25. The van der Waals surface area contributed by atoms with Crippen LogP contribution in [0.4, 0.5) is 5.69 Å². The van der Waals surface area contributed by atoms with Crippen molar-refractivity contribution in [2.75, 3.05) is 19.3 Å². The zero-order chi connectivity index (χ0) is 13.8. The highest BCUT2D eigenvalue weighted by atomic mass is 16.2. The molecule has 0 fully saturated rings. The van der Waals surface area contributed by atoms with Crippen molar-refractivity contribution >= 4 is 17.5 Å². The fourth-order valence-corrected chi connectivity index (χ4v) is 1.35. The van der Waals surface area contributed by atoms with Crippen LogP contribution < -0.4 is 16.4 Å². The number of hydrogen-bond acceptors (Lipinski definition) is 4. The summed E-state index contributed by atoms with van der Waals surface area (Å²) in [6.45, 7) is 3.74. The third kappa shape index (κ3) is 3.44. The first-order valence-corrected chi connectivity index (χ1v) is 5.59. The quantitative estimate of drug-likeness (QED) is 0.709. The third-order valence-electron chi connectivity index (χ3n) is 2.55. The molecule has 0 bridgehead atoms. The Bertz CT molecular complexity index is 440. The Hall–Kier alpha value is -2.11. The van der Waals surface area contributed by atoms with E-state index in [1.807, 2.05) is 0 Å². The van der Waals surface area contributed by atoms with E-state index in [1.165, 1.54) is 12.3 Å². The van der Waals surface area contributed by atoms with Crippen LogP contribution in [0.25, 0.3) is 0 Å². The number of rotatable bonds is 4. The highest BCUT2D eigenvalue weighted by Crippen LogP contribution is 2.13. The van der Waals surface area contributed by atoms with E-state index in [1.54, 1.807) is 27.0 Å². The maximum absolute atomic E-state index is 11.8. The van der Waals surface area contributed by atoms with E-state index in [4.69, 9.17) is 5.73 Å². The number of aromatic nitrogens is 1. The van der Waals surface area contributed by atoms with Crippen LogP contribution in [0.5, 0.6) is 0 Å². The van der Waals surface area contributed by atoms with Crippen LogP contribution in [0, 0.1) is 5.41 Å². The minimum Gasteiger partial charge on any atom is -0.397 e. The molecule has 0 aliphatic carbocycles. The number of nitrogen functional groups attached to an aromatic ring is 1. The van der Waals surface area contributed by atoms with Crippen LogP contribution >= 0.6 is 0 Å². The minimum atomic E-state index is -0.668. The molecule has 1 aromatic rings. The molecular formula is C12H18N4O2.